The van der Waals surface area contributed by atoms with E-state index in [0.717, 1.165) is 22.3 Å². The predicted molar refractivity (Wildman–Crippen MR) is 82.8 cm³/mol. The smallest absolute Gasteiger partial charge is 0.167 e. The predicted octanol–water partition coefficient (Wildman–Crippen LogP) is 4.94. The van der Waals surface area contributed by atoms with Crippen LogP contribution < -0.4 is 0 Å². The molecule has 0 bridgehead atoms. The summed E-state index contributed by atoms with van der Waals surface area (Å²) in [4.78, 5) is 12.5. The molecule has 0 amide bonds. The van der Waals surface area contributed by atoms with Crippen LogP contribution >= 0.6 is 15.9 Å². The number of hydrogen-bond acceptors (Lipinski definition) is 1. The van der Waals surface area contributed by atoms with Crippen LogP contribution in [0.25, 0.3) is 0 Å². The van der Waals surface area contributed by atoms with Crippen molar-refractivity contribution in [3.8, 4) is 0 Å². The molecule has 1 nitrogen and oxygen atoms in total. The van der Waals surface area contributed by atoms with Gasteiger partial charge in [0.15, 0.2) is 5.78 Å². The molecule has 0 aliphatic carbocycles. The summed E-state index contributed by atoms with van der Waals surface area (Å²) >= 11 is 3.20. The average Bonchev–Trinajstić information content (AvgIpc) is 2.33. The molecule has 0 atom stereocenters. The van der Waals surface area contributed by atoms with Crippen molar-refractivity contribution in [2.75, 3.05) is 0 Å². The molecule has 0 radical (unpaired) electrons. The van der Waals surface area contributed by atoms with Crippen LogP contribution in [0.4, 0.5) is 4.39 Å². The molecule has 20 heavy (non-hydrogen) atoms. The number of carbonyl (C=O) groups excluding carboxylic acids is 1. The molecule has 104 valence electrons. The third-order valence-corrected chi connectivity index (χ3v) is 4.23. The van der Waals surface area contributed by atoms with Crippen molar-refractivity contribution in [1.29, 1.82) is 0 Å². The Bertz CT molecular complexity index is 654. The Morgan fingerprint density at radius 1 is 1.15 bits per heavy atom. The second-order valence-electron chi connectivity index (χ2n) is 5.09. The molecule has 0 heterocycles. The third-order valence-electron chi connectivity index (χ3n) is 3.34. The van der Waals surface area contributed by atoms with Gasteiger partial charge in [-0.3, -0.25) is 4.79 Å². The monoisotopic (exact) mass is 334 g/mol. The summed E-state index contributed by atoms with van der Waals surface area (Å²) in [6.07, 6.45) is 0.198. The van der Waals surface area contributed by atoms with E-state index < -0.39 is 0 Å². The molecule has 0 unspecified atom stereocenters. The van der Waals surface area contributed by atoms with Gasteiger partial charge >= 0.3 is 0 Å². The Kier molecular flexibility index (Phi) is 4.39. The summed E-state index contributed by atoms with van der Waals surface area (Å²) in [5, 5.41) is 0. The van der Waals surface area contributed by atoms with Gasteiger partial charge < -0.3 is 0 Å². The fourth-order valence-electron chi connectivity index (χ4n) is 2.57. The quantitative estimate of drug-likeness (QED) is 0.726. The molecule has 0 saturated carbocycles. The van der Waals surface area contributed by atoms with Gasteiger partial charge in [-0.1, -0.05) is 29.8 Å². The lowest BCUT2D eigenvalue weighted by Crippen LogP contribution is -2.09. The zero-order chi connectivity index (χ0) is 14.9. The Balaban J connectivity index is 2.36. The SMILES string of the molecule is Cc1cc(C)c(C(=O)Cc2cccc(F)c2Br)c(C)c1. The molecular formula is C17H16BrFO. The van der Waals surface area contributed by atoms with Crippen LogP contribution in [0.3, 0.4) is 0 Å². The van der Waals surface area contributed by atoms with Crippen molar-refractivity contribution >= 4 is 21.7 Å². The van der Waals surface area contributed by atoms with Crippen molar-refractivity contribution in [1.82, 2.24) is 0 Å². The molecule has 0 spiro atoms. The van der Waals surface area contributed by atoms with E-state index in [1.54, 1.807) is 12.1 Å². The van der Waals surface area contributed by atoms with Gasteiger partial charge in [-0.15, -0.1) is 0 Å². The van der Waals surface area contributed by atoms with Crippen LogP contribution in [-0.4, -0.2) is 5.78 Å². The molecule has 0 fully saturated rings. The highest BCUT2D eigenvalue weighted by Crippen LogP contribution is 2.24. The van der Waals surface area contributed by atoms with Crippen LogP contribution in [0.15, 0.2) is 34.8 Å². The molecule has 2 aromatic rings. The maximum Gasteiger partial charge on any atom is 0.167 e. The summed E-state index contributed by atoms with van der Waals surface area (Å²) in [5.74, 6) is -0.320. The highest BCUT2D eigenvalue weighted by atomic mass is 79.9. The highest BCUT2D eigenvalue weighted by Gasteiger charge is 2.15. The number of benzene rings is 2. The van der Waals surface area contributed by atoms with E-state index in [9.17, 15) is 9.18 Å². The second kappa shape index (κ2) is 5.88. The van der Waals surface area contributed by atoms with Crippen molar-refractivity contribution in [3.05, 3.63) is 68.4 Å². The molecule has 0 saturated heterocycles. The Morgan fingerprint density at radius 3 is 2.35 bits per heavy atom. The molecule has 0 N–H and O–H groups in total. The van der Waals surface area contributed by atoms with Crippen LogP contribution in [0, 0.1) is 26.6 Å². The fourth-order valence-corrected chi connectivity index (χ4v) is 2.97. The number of aryl methyl sites for hydroxylation is 3. The Labute approximate surface area is 127 Å². The van der Waals surface area contributed by atoms with Crippen molar-refractivity contribution in [3.63, 3.8) is 0 Å². The molecule has 0 aliphatic heterocycles. The van der Waals surface area contributed by atoms with Gasteiger partial charge in [0.05, 0.1) is 4.47 Å². The van der Waals surface area contributed by atoms with E-state index in [1.807, 2.05) is 32.9 Å². The third kappa shape index (κ3) is 2.98. The zero-order valence-corrected chi connectivity index (χ0v) is 13.3. The number of halogens is 2. The van der Waals surface area contributed by atoms with Gasteiger partial charge in [-0.05, 0) is 59.5 Å². The van der Waals surface area contributed by atoms with E-state index in [-0.39, 0.29) is 18.0 Å². The lowest BCUT2D eigenvalue weighted by Gasteiger charge is -2.11. The van der Waals surface area contributed by atoms with E-state index in [2.05, 4.69) is 15.9 Å². The first-order valence-electron chi connectivity index (χ1n) is 6.44. The average molecular weight is 335 g/mol. The normalized spacial score (nSPS) is 10.7. The van der Waals surface area contributed by atoms with Gasteiger partial charge in [0, 0.05) is 12.0 Å². The molecule has 2 aromatic carbocycles. The van der Waals surface area contributed by atoms with E-state index >= 15 is 0 Å². The van der Waals surface area contributed by atoms with E-state index in [1.165, 1.54) is 6.07 Å². The van der Waals surface area contributed by atoms with Crippen LogP contribution in [0.2, 0.25) is 0 Å². The van der Waals surface area contributed by atoms with Crippen molar-refractivity contribution < 1.29 is 9.18 Å². The summed E-state index contributed by atoms with van der Waals surface area (Å²) < 4.78 is 13.9. The largest absolute Gasteiger partial charge is 0.294 e. The topological polar surface area (TPSA) is 17.1 Å². The standard InChI is InChI=1S/C17H16BrFO/c1-10-7-11(2)16(12(3)8-10)15(20)9-13-5-4-6-14(19)17(13)18/h4-8H,9H2,1-3H3. The van der Waals surface area contributed by atoms with Gasteiger partial charge in [0.25, 0.3) is 0 Å². The number of rotatable bonds is 3. The van der Waals surface area contributed by atoms with Crippen LogP contribution in [-0.2, 0) is 6.42 Å². The first-order chi connectivity index (χ1) is 9.40. The molecule has 2 rings (SSSR count). The summed E-state index contributed by atoms with van der Waals surface area (Å²) in [7, 11) is 0. The summed E-state index contributed by atoms with van der Waals surface area (Å²) in [5.41, 5.74) is 4.50. The second-order valence-corrected chi connectivity index (χ2v) is 5.88. The van der Waals surface area contributed by atoms with Gasteiger partial charge in [0.1, 0.15) is 5.82 Å². The van der Waals surface area contributed by atoms with Crippen molar-refractivity contribution in [2.24, 2.45) is 0 Å². The van der Waals surface area contributed by atoms with Crippen LogP contribution in [0.1, 0.15) is 32.6 Å². The Hall–Kier alpha value is -1.48. The number of carbonyl (C=O) groups is 1. The van der Waals surface area contributed by atoms with Gasteiger partial charge in [-0.25, -0.2) is 4.39 Å². The van der Waals surface area contributed by atoms with Crippen molar-refractivity contribution in [2.45, 2.75) is 27.2 Å². The number of ketones is 1. The minimum Gasteiger partial charge on any atom is -0.294 e. The molecule has 0 aromatic heterocycles. The first-order valence-corrected chi connectivity index (χ1v) is 7.23. The maximum absolute atomic E-state index is 13.5. The van der Waals surface area contributed by atoms with Gasteiger partial charge in [-0.2, -0.15) is 0 Å². The minimum absolute atomic E-state index is 0.0197. The van der Waals surface area contributed by atoms with Crippen LogP contribution in [0.5, 0.6) is 0 Å². The molecule has 0 aliphatic rings. The first kappa shape index (κ1) is 14.9. The molecule has 3 heteroatoms. The summed E-state index contributed by atoms with van der Waals surface area (Å²) in [6, 6.07) is 8.77. The number of hydrogen-bond donors (Lipinski definition) is 0. The van der Waals surface area contributed by atoms with E-state index in [4.69, 9.17) is 0 Å². The minimum atomic E-state index is -0.340. The molecular weight excluding hydrogens is 319 g/mol. The van der Waals surface area contributed by atoms with Gasteiger partial charge in [0.2, 0.25) is 0 Å². The number of Topliss-reactive ketones (excluding diaryl/α,β-unsaturated/α-hetero) is 1. The zero-order valence-electron chi connectivity index (χ0n) is 11.8. The summed E-state index contributed by atoms with van der Waals surface area (Å²) in [6.45, 7) is 5.89. The van der Waals surface area contributed by atoms with E-state index in [0.29, 0.717) is 10.0 Å². The Morgan fingerprint density at radius 2 is 1.75 bits per heavy atom. The maximum atomic E-state index is 13.5. The fraction of sp³-hybridized carbons (Fsp3) is 0.235. The lowest BCUT2D eigenvalue weighted by atomic mass is 9.93. The lowest BCUT2D eigenvalue weighted by molar-refractivity contribution is 0.0991. The highest BCUT2D eigenvalue weighted by molar-refractivity contribution is 9.10.